The number of methoxy groups -OCH3 is 1. The molecule has 2 amide bonds. The van der Waals surface area contributed by atoms with Gasteiger partial charge < -0.3 is 19.6 Å². The number of rotatable bonds is 9. The molecule has 0 aromatic carbocycles. The van der Waals surface area contributed by atoms with E-state index in [-0.39, 0.29) is 25.0 Å². The van der Waals surface area contributed by atoms with Gasteiger partial charge in [-0.1, -0.05) is 6.08 Å². The zero-order chi connectivity index (χ0) is 14.3. The highest BCUT2D eigenvalue weighted by Crippen LogP contribution is 2.28. The predicted molar refractivity (Wildman–Crippen MR) is 71.0 cm³/mol. The Balaban J connectivity index is 2.60. The molecule has 1 rings (SSSR count). The minimum Gasteiger partial charge on any atom is -0.481 e. The fourth-order valence-electron chi connectivity index (χ4n) is 1.84. The minimum absolute atomic E-state index is 0.0194. The summed E-state index contributed by atoms with van der Waals surface area (Å²) in [7, 11) is 1.58. The molecule has 0 spiro atoms. The lowest BCUT2D eigenvalue weighted by atomic mass is 10.3. The summed E-state index contributed by atoms with van der Waals surface area (Å²) in [6, 6.07) is 0.0717. The molecule has 0 saturated heterocycles. The number of nitrogens with zero attached hydrogens (tertiary/aromatic N) is 2. The van der Waals surface area contributed by atoms with Crippen LogP contribution in [-0.2, 0) is 9.53 Å². The van der Waals surface area contributed by atoms with E-state index >= 15 is 0 Å². The average Bonchev–Trinajstić information content (AvgIpc) is 3.18. The molecule has 0 heterocycles. The van der Waals surface area contributed by atoms with E-state index in [0.717, 1.165) is 12.8 Å². The molecular weight excluding hydrogens is 248 g/mol. The number of carboxylic acid groups (broad SMARTS) is 1. The van der Waals surface area contributed by atoms with Gasteiger partial charge in [-0.15, -0.1) is 6.58 Å². The molecule has 0 atom stereocenters. The van der Waals surface area contributed by atoms with Crippen LogP contribution in [0.5, 0.6) is 0 Å². The van der Waals surface area contributed by atoms with Crippen molar-refractivity contribution in [2.24, 2.45) is 0 Å². The van der Waals surface area contributed by atoms with E-state index in [9.17, 15) is 9.59 Å². The standard InChI is InChI=1S/C13H22N2O4/c1-3-7-14(9-10-19-2)13(18)15(11-4-5-11)8-6-12(16)17/h3,11H,1,4-10H2,2H3,(H,16,17). The Bertz CT molecular complexity index is 329. The molecule has 19 heavy (non-hydrogen) atoms. The van der Waals surface area contributed by atoms with Crippen molar-refractivity contribution >= 4 is 12.0 Å². The highest BCUT2D eigenvalue weighted by atomic mass is 16.5. The van der Waals surface area contributed by atoms with Crippen molar-refractivity contribution in [1.82, 2.24) is 9.80 Å². The van der Waals surface area contributed by atoms with Gasteiger partial charge in [-0.3, -0.25) is 4.79 Å². The number of aliphatic carboxylic acids is 1. The van der Waals surface area contributed by atoms with E-state index in [0.29, 0.717) is 19.7 Å². The van der Waals surface area contributed by atoms with Crippen molar-refractivity contribution in [2.45, 2.75) is 25.3 Å². The third-order valence-electron chi connectivity index (χ3n) is 2.99. The van der Waals surface area contributed by atoms with E-state index in [2.05, 4.69) is 6.58 Å². The van der Waals surface area contributed by atoms with Gasteiger partial charge in [0.1, 0.15) is 0 Å². The summed E-state index contributed by atoms with van der Waals surface area (Å²) in [5.74, 6) is -0.884. The second kappa shape index (κ2) is 7.78. The largest absolute Gasteiger partial charge is 0.481 e. The van der Waals surface area contributed by atoms with Crippen molar-refractivity contribution in [2.75, 3.05) is 33.4 Å². The fraction of sp³-hybridized carbons (Fsp3) is 0.692. The highest BCUT2D eigenvalue weighted by Gasteiger charge is 2.34. The second-order valence-electron chi connectivity index (χ2n) is 4.58. The molecule has 1 aliphatic rings. The number of ether oxygens (including phenoxy) is 1. The van der Waals surface area contributed by atoms with E-state index in [4.69, 9.17) is 9.84 Å². The summed E-state index contributed by atoms with van der Waals surface area (Å²) in [5, 5.41) is 8.74. The van der Waals surface area contributed by atoms with Crippen molar-refractivity contribution < 1.29 is 19.4 Å². The van der Waals surface area contributed by atoms with Gasteiger partial charge in [0.15, 0.2) is 0 Å². The predicted octanol–water partition coefficient (Wildman–Crippen LogP) is 1.18. The first-order chi connectivity index (χ1) is 9.10. The number of carbonyl (C=O) groups excluding carboxylic acids is 1. The summed E-state index contributed by atoms with van der Waals surface area (Å²) >= 11 is 0. The smallest absolute Gasteiger partial charge is 0.320 e. The van der Waals surface area contributed by atoms with Crippen LogP contribution in [-0.4, -0.2) is 66.3 Å². The van der Waals surface area contributed by atoms with Gasteiger partial charge in [-0.2, -0.15) is 0 Å². The molecule has 6 heteroatoms. The number of amides is 2. The van der Waals surface area contributed by atoms with Crippen molar-refractivity contribution in [1.29, 1.82) is 0 Å². The maximum absolute atomic E-state index is 12.4. The van der Waals surface area contributed by atoms with Gasteiger partial charge >= 0.3 is 12.0 Å². The Morgan fingerprint density at radius 2 is 2.11 bits per heavy atom. The molecule has 1 fully saturated rings. The molecule has 0 unspecified atom stereocenters. The van der Waals surface area contributed by atoms with E-state index in [1.807, 2.05) is 0 Å². The summed E-state index contributed by atoms with van der Waals surface area (Å²) in [5.41, 5.74) is 0. The van der Waals surface area contributed by atoms with Crippen molar-refractivity contribution in [3.05, 3.63) is 12.7 Å². The van der Waals surface area contributed by atoms with E-state index in [1.165, 1.54) is 0 Å². The number of urea groups is 1. The second-order valence-corrected chi connectivity index (χ2v) is 4.58. The number of carbonyl (C=O) groups is 2. The van der Waals surface area contributed by atoms with Crippen LogP contribution in [0.3, 0.4) is 0 Å². The lowest BCUT2D eigenvalue weighted by molar-refractivity contribution is -0.137. The van der Waals surface area contributed by atoms with E-state index < -0.39 is 5.97 Å². The zero-order valence-corrected chi connectivity index (χ0v) is 11.4. The zero-order valence-electron chi connectivity index (χ0n) is 11.4. The maximum atomic E-state index is 12.4. The summed E-state index contributed by atoms with van der Waals surface area (Å²) in [6.45, 7) is 5.28. The number of hydrogen-bond donors (Lipinski definition) is 1. The third-order valence-corrected chi connectivity index (χ3v) is 2.99. The van der Waals surface area contributed by atoms with Crippen LogP contribution < -0.4 is 0 Å². The van der Waals surface area contributed by atoms with Crippen LogP contribution in [0.25, 0.3) is 0 Å². The first kappa shape index (κ1) is 15.5. The lowest BCUT2D eigenvalue weighted by Gasteiger charge is -2.29. The Kier molecular flexibility index (Phi) is 6.35. The van der Waals surface area contributed by atoms with E-state index in [1.54, 1.807) is 23.0 Å². The van der Waals surface area contributed by atoms with Crippen LogP contribution in [0.4, 0.5) is 4.79 Å². The average molecular weight is 270 g/mol. The van der Waals surface area contributed by atoms with Gasteiger partial charge in [-0.25, -0.2) is 4.79 Å². The molecule has 0 aromatic rings. The fourth-order valence-corrected chi connectivity index (χ4v) is 1.84. The maximum Gasteiger partial charge on any atom is 0.320 e. The molecule has 1 saturated carbocycles. The molecule has 0 radical (unpaired) electrons. The first-order valence-electron chi connectivity index (χ1n) is 6.47. The molecular formula is C13H22N2O4. The van der Waals surface area contributed by atoms with Gasteiger partial charge in [0.2, 0.25) is 0 Å². The Hall–Kier alpha value is -1.56. The Labute approximate surface area is 113 Å². The molecule has 108 valence electrons. The van der Waals surface area contributed by atoms with Crippen molar-refractivity contribution in [3.63, 3.8) is 0 Å². The number of hydrogen-bond acceptors (Lipinski definition) is 3. The normalized spacial score (nSPS) is 13.9. The number of carboxylic acids is 1. The topological polar surface area (TPSA) is 70.1 Å². The van der Waals surface area contributed by atoms with Gasteiger partial charge in [0.25, 0.3) is 0 Å². The van der Waals surface area contributed by atoms with Crippen LogP contribution >= 0.6 is 0 Å². The van der Waals surface area contributed by atoms with Crippen molar-refractivity contribution in [3.8, 4) is 0 Å². The van der Waals surface area contributed by atoms with Gasteiger partial charge in [-0.05, 0) is 12.8 Å². The van der Waals surface area contributed by atoms with Crippen LogP contribution in [0.1, 0.15) is 19.3 Å². The molecule has 6 nitrogen and oxygen atoms in total. The molecule has 0 aromatic heterocycles. The molecule has 0 aliphatic heterocycles. The van der Waals surface area contributed by atoms with Crippen LogP contribution in [0.2, 0.25) is 0 Å². The summed E-state index contributed by atoms with van der Waals surface area (Å²) < 4.78 is 4.98. The molecule has 1 N–H and O–H groups in total. The van der Waals surface area contributed by atoms with Gasteiger partial charge in [0, 0.05) is 32.8 Å². The highest BCUT2D eigenvalue weighted by molar-refractivity contribution is 5.76. The SMILES string of the molecule is C=CCN(CCOC)C(=O)N(CCC(=O)O)C1CC1. The quantitative estimate of drug-likeness (QED) is 0.639. The Morgan fingerprint density at radius 3 is 2.58 bits per heavy atom. The van der Waals surface area contributed by atoms with Crippen LogP contribution in [0, 0.1) is 0 Å². The third kappa shape index (κ3) is 5.30. The van der Waals surface area contributed by atoms with Gasteiger partial charge in [0.05, 0.1) is 13.0 Å². The summed E-state index contributed by atoms with van der Waals surface area (Å²) in [4.78, 5) is 26.3. The monoisotopic (exact) mass is 270 g/mol. The first-order valence-corrected chi connectivity index (χ1v) is 6.47. The lowest BCUT2D eigenvalue weighted by Crippen LogP contribution is -2.46. The molecule has 1 aliphatic carbocycles. The van der Waals surface area contributed by atoms with Crippen LogP contribution in [0.15, 0.2) is 12.7 Å². The molecule has 0 bridgehead atoms. The minimum atomic E-state index is -0.884. The summed E-state index contributed by atoms with van der Waals surface area (Å²) in [6.07, 6.45) is 3.55. The Morgan fingerprint density at radius 1 is 1.42 bits per heavy atom.